The van der Waals surface area contributed by atoms with Crippen LogP contribution in [0.5, 0.6) is 11.5 Å². The van der Waals surface area contributed by atoms with Gasteiger partial charge in [-0.1, -0.05) is 0 Å². The van der Waals surface area contributed by atoms with E-state index in [1.807, 2.05) is 31.2 Å². The Bertz CT molecular complexity index is 655. The number of nitrogens with one attached hydrogen (secondary N) is 1. The van der Waals surface area contributed by atoms with E-state index in [9.17, 15) is 0 Å². The van der Waals surface area contributed by atoms with E-state index in [-0.39, 0.29) is 6.04 Å². The molecule has 1 atom stereocenters. The number of furan rings is 1. The lowest BCUT2D eigenvalue weighted by Gasteiger charge is -2.26. The zero-order valence-corrected chi connectivity index (χ0v) is 15.4. The van der Waals surface area contributed by atoms with Gasteiger partial charge < -0.3 is 19.2 Å². The maximum atomic E-state index is 5.91. The molecule has 0 amide bonds. The van der Waals surface area contributed by atoms with E-state index >= 15 is 0 Å². The zero-order valence-electron chi connectivity index (χ0n) is 15.4. The van der Waals surface area contributed by atoms with Crippen molar-refractivity contribution in [1.82, 2.24) is 10.2 Å². The van der Waals surface area contributed by atoms with Crippen LogP contribution in [-0.4, -0.2) is 38.8 Å². The highest BCUT2D eigenvalue weighted by Crippen LogP contribution is 2.27. The van der Waals surface area contributed by atoms with Gasteiger partial charge in [0.05, 0.1) is 20.3 Å². The van der Waals surface area contributed by atoms with Gasteiger partial charge >= 0.3 is 0 Å². The molecule has 2 aromatic rings. The van der Waals surface area contributed by atoms with Gasteiger partial charge in [-0.05, 0) is 62.7 Å². The molecule has 25 heavy (non-hydrogen) atoms. The second kappa shape index (κ2) is 8.41. The number of hydrogen-bond acceptors (Lipinski definition) is 5. The average molecular weight is 344 g/mol. The predicted octanol–water partition coefficient (Wildman–Crippen LogP) is 3.53. The normalized spacial score (nSPS) is 16.1. The summed E-state index contributed by atoms with van der Waals surface area (Å²) in [5, 5.41) is 3.58. The summed E-state index contributed by atoms with van der Waals surface area (Å²) in [6, 6.07) is 10.4. The Morgan fingerprint density at radius 1 is 1.08 bits per heavy atom. The molecule has 0 spiro atoms. The molecule has 1 aromatic carbocycles. The Labute approximate surface area is 149 Å². The minimum absolute atomic E-state index is 0.281. The summed E-state index contributed by atoms with van der Waals surface area (Å²) in [5.41, 5.74) is 1.15. The highest BCUT2D eigenvalue weighted by Gasteiger charge is 2.25. The fourth-order valence-corrected chi connectivity index (χ4v) is 3.42. The maximum Gasteiger partial charge on any atom is 0.122 e. The number of aryl methyl sites for hydroxylation is 1. The van der Waals surface area contributed by atoms with Gasteiger partial charge in [0.1, 0.15) is 23.0 Å². The number of rotatable bonds is 8. The minimum atomic E-state index is 0.281. The zero-order chi connectivity index (χ0) is 17.6. The molecule has 3 rings (SSSR count). The molecule has 136 valence electrons. The molecule has 2 heterocycles. The minimum Gasteiger partial charge on any atom is -0.497 e. The molecule has 1 aliphatic rings. The molecular formula is C20H28N2O3. The van der Waals surface area contributed by atoms with Crippen LogP contribution in [0.2, 0.25) is 0 Å². The van der Waals surface area contributed by atoms with Crippen LogP contribution in [0.25, 0.3) is 0 Å². The van der Waals surface area contributed by atoms with Crippen LogP contribution in [-0.2, 0) is 6.54 Å². The first-order valence-electron chi connectivity index (χ1n) is 8.92. The van der Waals surface area contributed by atoms with Crippen LogP contribution in [0.4, 0.5) is 0 Å². The van der Waals surface area contributed by atoms with Crippen molar-refractivity contribution in [2.24, 2.45) is 0 Å². The summed E-state index contributed by atoms with van der Waals surface area (Å²) in [6.45, 7) is 5.89. The molecule has 0 radical (unpaired) electrons. The lowest BCUT2D eigenvalue weighted by atomic mass is 10.1. The number of nitrogens with zero attached hydrogens (tertiary/aromatic N) is 1. The van der Waals surface area contributed by atoms with E-state index in [1.54, 1.807) is 14.2 Å². The van der Waals surface area contributed by atoms with Gasteiger partial charge in [-0.2, -0.15) is 0 Å². The van der Waals surface area contributed by atoms with Crippen molar-refractivity contribution >= 4 is 0 Å². The predicted molar refractivity (Wildman–Crippen MR) is 98.2 cm³/mol. The number of likely N-dealkylation sites (tertiary alicyclic amines) is 1. The van der Waals surface area contributed by atoms with Crippen molar-refractivity contribution in [3.05, 3.63) is 47.4 Å². The van der Waals surface area contributed by atoms with E-state index in [2.05, 4.69) is 16.3 Å². The van der Waals surface area contributed by atoms with Crippen molar-refractivity contribution in [1.29, 1.82) is 0 Å². The monoisotopic (exact) mass is 344 g/mol. The van der Waals surface area contributed by atoms with Crippen molar-refractivity contribution in [3.63, 3.8) is 0 Å². The highest BCUT2D eigenvalue weighted by atomic mass is 16.5. The summed E-state index contributed by atoms with van der Waals surface area (Å²) < 4.78 is 16.6. The molecule has 1 aliphatic heterocycles. The molecule has 1 aromatic heterocycles. The second-order valence-electron chi connectivity index (χ2n) is 6.56. The number of methoxy groups -OCH3 is 2. The SMILES string of the molecule is COc1cc(CNCC(c2ccc(C)o2)N2CCCC2)cc(OC)c1. The molecule has 1 unspecified atom stereocenters. The molecule has 5 heteroatoms. The summed E-state index contributed by atoms with van der Waals surface area (Å²) in [5.74, 6) is 3.65. The van der Waals surface area contributed by atoms with Gasteiger partial charge in [0.15, 0.2) is 0 Å². The first-order valence-corrected chi connectivity index (χ1v) is 8.92. The topological polar surface area (TPSA) is 46.9 Å². The second-order valence-corrected chi connectivity index (χ2v) is 6.56. The summed E-state index contributed by atoms with van der Waals surface area (Å²) >= 11 is 0. The van der Waals surface area contributed by atoms with Crippen LogP contribution < -0.4 is 14.8 Å². The van der Waals surface area contributed by atoms with Crippen molar-refractivity contribution in [3.8, 4) is 11.5 Å². The van der Waals surface area contributed by atoms with Crippen molar-refractivity contribution < 1.29 is 13.9 Å². The van der Waals surface area contributed by atoms with E-state index in [0.29, 0.717) is 0 Å². The average Bonchev–Trinajstić information content (AvgIpc) is 3.30. The van der Waals surface area contributed by atoms with Gasteiger partial charge in [0.25, 0.3) is 0 Å². The Kier molecular flexibility index (Phi) is 6.00. The molecule has 1 fully saturated rings. The van der Waals surface area contributed by atoms with Crippen molar-refractivity contribution in [2.45, 2.75) is 32.4 Å². The Morgan fingerprint density at radius 3 is 2.32 bits per heavy atom. The number of ether oxygens (including phenoxy) is 2. The van der Waals surface area contributed by atoms with Gasteiger partial charge in [0.2, 0.25) is 0 Å². The van der Waals surface area contributed by atoms with E-state index in [4.69, 9.17) is 13.9 Å². The lowest BCUT2D eigenvalue weighted by Crippen LogP contribution is -2.33. The molecular weight excluding hydrogens is 316 g/mol. The van der Waals surface area contributed by atoms with Gasteiger partial charge in [-0.25, -0.2) is 0 Å². The van der Waals surface area contributed by atoms with Gasteiger partial charge in [-0.3, -0.25) is 4.90 Å². The largest absolute Gasteiger partial charge is 0.497 e. The van der Waals surface area contributed by atoms with Crippen LogP contribution in [0.1, 0.15) is 36.0 Å². The van der Waals surface area contributed by atoms with E-state index < -0.39 is 0 Å². The maximum absolute atomic E-state index is 5.91. The van der Waals surface area contributed by atoms with Gasteiger partial charge in [-0.15, -0.1) is 0 Å². The third kappa shape index (κ3) is 4.55. The first kappa shape index (κ1) is 17.8. The van der Waals surface area contributed by atoms with Crippen molar-refractivity contribution in [2.75, 3.05) is 33.9 Å². The third-order valence-electron chi connectivity index (χ3n) is 4.75. The fourth-order valence-electron chi connectivity index (χ4n) is 3.42. The molecule has 0 bridgehead atoms. The van der Waals surface area contributed by atoms with Crippen LogP contribution in [0.15, 0.2) is 34.7 Å². The Morgan fingerprint density at radius 2 is 1.76 bits per heavy atom. The number of hydrogen-bond donors (Lipinski definition) is 1. The van der Waals surface area contributed by atoms with E-state index in [1.165, 1.54) is 12.8 Å². The molecule has 1 N–H and O–H groups in total. The van der Waals surface area contributed by atoms with E-state index in [0.717, 1.165) is 54.8 Å². The molecule has 5 nitrogen and oxygen atoms in total. The molecule has 1 saturated heterocycles. The molecule has 0 saturated carbocycles. The van der Waals surface area contributed by atoms with Crippen LogP contribution in [0.3, 0.4) is 0 Å². The van der Waals surface area contributed by atoms with Crippen LogP contribution in [0, 0.1) is 6.92 Å². The molecule has 0 aliphatic carbocycles. The summed E-state index contributed by atoms with van der Waals surface area (Å²) in [6.07, 6.45) is 2.53. The standard InChI is InChI=1S/C20H28N2O3/c1-15-6-7-20(25-15)19(22-8-4-5-9-22)14-21-13-16-10-17(23-2)12-18(11-16)24-3/h6-7,10-12,19,21H,4-5,8-9,13-14H2,1-3H3. The quantitative estimate of drug-likeness (QED) is 0.794. The first-order chi connectivity index (χ1) is 12.2. The smallest absolute Gasteiger partial charge is 0.122 e. The fraction of sp³-hybridized carbons (Fsp3) is 0.500. The Hall–Kier alpha value is -1.98. The van der Waals surface area contributed by atoms with Gasteiger partial charge in [0, 0.05) is 19.2 Å². The summed E-state index contributed by atoms with van der Waals surface area (Å²) in [4.78, 5) is 2.51. The Balaban J connectivity index is 1.65. The number of benzene rings is 1. The summed E-state index contributed by atoms with van der Waals surface area (Å²) in [7, 11) is 3.35. The lowest BCUT2D eigenvalue weighted by molar-refractivity contribution is 0.207. The van der Waals surface area contributed by atoms with Crippen LogP contribution >= 0.6 is 0 Å². The highest BCUT2D eigenvalue weighted by molar-refractivity contribution is 5.38. The third-order valence-corrected chi connectivity index (χ3v) is 4.75.